The lowest BCUT2D eigenvalue weighted by Gasteiger charge is -2.12. The molecule has 0 aliphatic carbocycles. The molecule has 0 fully saturated rings. The highest BCUT2D eigenvalue weighted by molar-refractivity contribution is 6.32. The van der Waals surface area contributed by atoms with E-state index in [4.69, 9.17) is 16.3 Å². The van der Waals surface area contributed by atoms with Gasteiger partial charge in [-0.05, 0) is 29.8 Å². The van der Waals surface area contributed by atoms with Gasteiger partial charge in [0.05, 0.1) is 18.7 Å². The molecule has 2 heterocycles. The number of methoxy groups -OCH3 is 1. The number of alkyl halides is 4. The van der Waals surface area contributed by atoms with E-state index in [1.54, 1.807) is 37.5 Å². The van der Waals surface area contributed by atoms with Gasteiger partial charge in [0.25, 0.3) is 12.9 Å². The van der Waals surface area contributed by atoms with Crippen molar-refractivity contribution in [1.29, 1.82) is 0 Å². The summed E-state index contributed by atoms with van der Waals surface area (Å²) in [7, 11) is 3.07. The maximum Gasteiger partial charge on any atom is 0.283 e. The molecule has 0 saturated carbocycles. The van der Waals surface area contributed by atoms with Gasteiger partial charge >= 0.3 is 0 Å². The Morgan fingerprint density at radius 1 is 1.19 bits per heavy atom. The molecule has 0 radical (unpaired) electrons. The van der Waals surface area contributed by atoms with E-state index in [0.717, 1.165) is 4.68 Å². The lowest BCUT2D eigenvalue weighted by Crippen LogP contribution is -2.08. The molecule has 0 atom stereocenters. The second-order valence-corrected chi connectivity index (χ2v) is 6.86. The molecule has 0 aliphatic heterocycles. The van der Waals surface area contributed by atoms with Crippen LogP contribution in [0.1, 0.15) is 45.9 Å². The Labute approximate surface area is 179 Å². The number of benzene rings is 1. The Kier molecular flexibility index (Phi) is 6.79. The summed E-state index contributed by atoms with van der Waals surface area (Å²) in [6.07, 6.45) is -1.72. The van der Waals surface area contributed by atoms with Crippen molar-refractivity contribution in [3.05, 3.63) is 69.8 Å². The van der Waals surface area contributed by atoms with E-state index in [0.29, 0.717) is 16.9 Å². The van der Waals surface area contributed by atoms with Gasteiger partial charge < -0.3 is 4.74 Å². The van der Waals surface area contributed by atoms with Crippen LogP contribution in [-0.2, 0) is 13.6 Å². The average molecular weight is 457 g/mol. The molecule has 31 heavy (non-hydrogen) atoms. The molecule has 6 nitrogen and oxygen atoms in total. The van der Waals surface area contributed by atoms with Crippen molar-refractivity contribution in [3.63, 3.8) is 0 Å². The first kappa shape index (κ1) is 22.5. The number of allylic oxidation sites excluding steroid dienone is 1. The number of ketones is 1. The summed E-state index contributed by atoms with van der Waals surface area (Å²) in [6.45, 7) is -0.287. The monoisotopic (exact) mass is 456 g/mol. The van der Waals surface area contributed by atoms with Gasteiger partial charge in [0.2, 0.25) is 5.78 Å². The van der Waals surface area contributed by atoms with Crippen LogP contribution in [0.3, 0.4) is 0 Å². The number of carbonyl (C=O) groups excluding carboxylic acids is 1. The first-order valence-electron chi connectivity index (χ1n) is 8.92. The maximum absolute atomic E-state index is 13.4. The average Bonchev–Trinajstić information content (AvgIpc) is 3.29. The standard InChI is InChI=1S/C20H17ClF4N4O2/c1-28-8-7-13(26-28)14(30)5-3-11-4-6-15(31-2)12(9-11)10-29-18(20(24)25)16(21)17(27-29)19(22)23/h3-9,19-20H,10H2,1-2H3/b5-3+. The SMILES string of the molecule is COc1ccc(/C=C/C(=O)c2ccn(C)n2)cc1Cn1nc(C(F)F)c(Cl)c1C(F)F. The van der Waals surface area contributed by atoms with Gasteiger partial charge in [0, 0.05) is 18.8 Å². The number of aromatic nitrogens is 4. The lowest BCUT2D eigenvalue weighted by molar-refractivity contribution is 0.104. The topological polar surface area (TPSA) is 61.9 Å². The largest absolute Gasteiger partial charge is 0.496 e. The number of ether oxygens (including phenoxy) is 1. The fourth-order valence-corrected chi connectivity index (χ4v) is 3.23. The Balaban J connectivity index is 1.92. The van der Waals surface area contributed by atoms with E-state index >= 15 is 0 Å². The predicted molar refractivity (Wildman–Crippen MR) is 106 cm³/mol. The molecule has 3 rings (SSSR count). The second-order valence-electron chi connectivity index (χ2n) is 6.49. The van der Waals surface area contributed by atoms with Crippen LogP contribution in [0.25, 0.3) is 6.08 Å². The molecule has 2 aromatic heterocycles. The normalized spacial score (nSPS) is 11.8. The van der Waals surface area contributed by atoms with Gasteiger partial charge in [-0.3, -0.25) is 14.2 Å². The fraction of sp³-hybridized carbons (Fsp3) is 0.250. The highest BCUT2D eigenvalue weighted by Crippen LogP contribution is 2.35. The minimum atomic E-state index is -3.10. The van der Waals surface area contributed by atoms with Crippen LogP contribution in [0, 0.1) is 0 Å². The molecule has 0 amide bonds. The summed E-state index contributed by atoms with van der Waals surface area (Å²) in [5.74, 6) is 0.0111. The Morgan fingerprint density at radius 2 is 1.94 bits per heavy atom. The third-order valence-electron chi connectivity index (χ3n) is 4.39. The number of hydrogen-bond acceptors (Lipinski definition) is 4. The summed E-state index contributed by atoms with van der Waals surface area (Å²) in [4.78, 5) is 12.2. The van der Waals surface area contributed by atoms with E-state index in [2.05, 4.69) is 10.2 Å². The quantitative estimate of drug-likeness (QED) is 0.269. The lowest BCUT2D eigenvalue weighted by atomic mass is 10.1. The van der Waals surface area contributed by atoms with Crippen LogP contribution < -0.4 is 4.74 Å². The van der Waals surface area contributed by atoms with E-state index in [1.165, 1.54) is 23.9 Å². The molecule has 0 saturated heterocycles. The fourth-order valence-electron chi connectivity index (χ4n) is 2.93. The molecule has 11 heteroatoms. The summed E-state index contributed by atoms with van der Waals surface area (Å²) in [5.41, 5.74) is -0.499. The van der Waals surface area contributed by atoms with Crippen molar-refractivity contribution in [1.82, 2.24) is 19.6 Å². The zero-order chi connectivity index (χ0) is 22.7. The minimum absolute atomic E-state index is 0.264. The zero-order valence-corrected chi connectivity index (χ0v) is 17.2. The Hall–Kier alpha value is -3.14. The van der Waals surface area contributed by atoms with Crippen molar-refractivity contribution in [2.45, 2.75) is 19.4 Å². The van der Waals surface area contributed by atoms with Crippen molar-refractivity contribution < 1.29 is 27.1 Å². The summed E-state index contributed by atoms with van der Waals surface area (Å²) in [5, 5.41) is 6.81. The van der Waals surface area contributed by atoms with Crippen molar-refractivity contribution in [2.24, 2.45) is 7.05 Å². The smallest absolute Gasteiger partial charge is 0.283 e. The van der Waals surface area contributed by atoms with Gasteiger partial charge in [-0.1, -0.05) is 23.7 Å². The first-order chi connectivity index (χ1) is 14.7. The van der Waals surface area contributed by atoms with Crippen LogP contribution in [0.2, 0.25) is 5.02 Å². The van der Waals surface area contributed by atoms with E-state index in [9.17, 15) is 22.4 Å². The molecular weight excluding hydrogens is 440 g/mol. The molecular formula is C20H17ClF4N4O2. The third-order valence-corrected chi connectivity index (χ3v) is 4.77. The Bertz CT molecular complexity index is 1120. The molecule has 0 bridgehead atoms. The van der Waals surface area contributed by atoms with Gasteiger partial charge in [0.1, 0.15) is 22.8 Å². The van der Waals surface area contributed by atoms with Crippen LogP contribution in [-0.4, -0.2) is 32.5 Å². The maximum atomic E-state index is 13.4. The second kappa shape index (κ2) is 9.34. The Morgan fingerprint density at radius 3 is 2.52 bits per heavy atom. The van der Waals surface area contributed by atoms with Gasteiger partial charge in [0.15, 0.2) is 0 Å². The number of carbonyl (C=O) groups is 1. The van der Waals surface area contributed by atoms with Gasteiger partial charge in [-0.2, -0.15) is 10.2 Å². The van der Waals surface area contributed by atoms with Crippen molar-refractivity contribution in [2.75, 3.05) is 7.11 Å². The van der Waals surface area contributed by atoms with E-state index < -0.39 is 29.3 Å². The number of nitrogens with zero attached hydrogens (tertiary/aromatic N) is 4. The van der Waals surface area contributed by atoms with Gasteiger partial charge in [-0.15, -0.1) is 0 Å². The molecule has 0 aliphatic rings. The first-order valence-corrected chi connectivity index (χ1v) is 9.30. The van der Waals surface area contributed by atoms with E-state index in [1.807, 2.05) is 0 Å². The molecule has 164 valence electrons. The van der Waals surface area contributed by atoms with Crippen LogP contribution >= 0.6 is 11.6 Å². The number of rotatable bonds is 8. The molecule has 0 spiro atoms. The number of halogens is 5. The summed E-state index contributed by atoms with van der Waals surface area (Å²) in [6, 6.07) is 6.37. The molecule has 0 unspecified atom stereocenters. The number of aryl methyl sites for hydroxylation is 1. The molecule has 3 aromatic rings. The van der Waals surface area contributed by atoms with E-state index in [-0.39, 0.29) is 18.0 Å². The summed E-state index contributed by atoms with van der Waals surface area (Å²) >= 11 is 5.70. The van der Waals surface area contributed by atoms with Crippen LogP contribution in [0.5, 0.6) is 5.75 Å². The number of hydrogen-bond donors (Lipinski definition) is 0. The predicted octanol–water partition coefficient (Wildman–Crippen LogP) is 5.10. The van der Waals surface area contributed by atoms with Gasteiger partial charge in [-0.25, -0.2) is 17.6 Å². The molecule has 0 N–H and O–H groups in total. The minimum Gasteiger partial charge on any atom is -0.496 e. The highest BCUT2D eigenvalue weighted by atomic mass is 35.5. The molecule has 1 aromatic carbocycles. The van der Waals surface area contributed by atoms with Crippen LogP contribution in [0.15, 0.2) is 36.5 Å². The highest BCUT2D eigenvalue weighted by Gasteiger charge is 2.28. The summed E-state index contributed by atoms with van der Waals surface area (Å²) < 4.78 is 60.5. The van der Waals surface area contributed by atoms with Crippen molar-refractivity contribution in [3.8, 4) is 5.75 Å². The van der Waals surface area contributed by atoms with Crippen molar-refractivity contribution >= 4 is 23.5 Å². The zero-order valence-electron chi connectivity index (χ0n) is 16.4. The van der Waals surface area contributed by atoms with Crippen LogP contribution in [0.4, 0.5) is 17.6 Å². The third kappa shape index (κ3) is 4.96.